The third-order valence-corrected chi connectivity index (χ3v) is 5.22. The molecule has 0 aromatic heterocycles. The fourth-order valence-corrected chi connectivity index (χ4v) is 3.54. The fraction of sp³-hybridized carbons (Fsp3) is 0.636. The van der Waals surface area contributed by atoms with Gasteiger partial charge in [0, 0.05) is 13.1 Å². The third-order valence-electron chi connectivity index (χ3n) is 5.22. The molecule has 1 N–H and O–H groups in total. The molecule has 0 aliphatic carbocycles. The summed E-state index contributed by atoms with van der Waals surface area (Å²) in [6, 6.07) is 8.48. The summed E-state index contributed by atoms with van der Waals surface area (Å²) in [6.07, 6.45) is 2.17. The van der Waals surface area contributed by atoms with Crippen molar-refractivity contribution in [2.75, 3.05) is 33.2 Å². The van der Waals surface area contributed by atoms with Crippen molar-refractivity contribution >= 4 is 11.8 Å². The standard InChI is InChI=1S/C22H35N3O2/c1-16(2)18-8-10-19(11-9-18)22(17(3)4)23-20(26)14-24(5)15-21(27)25-12-6-7-13-25/h8-11,16-17,22H,6-7,12-15H2,1-5H3,(H,23,26). The largest absolute Gasteiger partial charge is 0.348 e. The van der Waals surface area contributed by atoms with Crippen molar-refractivity contribution in [3.8, 4) is 0 Å². The van der Waals surface area contributed by atoms with Crippen molar-refractivity contribution in [1.29, 1.82) is 0 Å². The number of hydrogen-bond acceptors (Lipinski definition) is 3. The van der Waals surface area contributed by atoms with E-state index in [4.69, 9.17) is 0 Å². The zero-order chi connectivity index (χ0) is 20.0. The van der Waals surface area contributed by atoms with E-state index in [1.54, 1.807) is 4.90 Å². The van der Waals surface area contributed by atoms with Crippen LogP contribution in [-0.2, 0) is 9.59 Å². The highest BCUT2D eigenvalue weighted by molar-refractivity contribution is 5.81. The van der Waals surface area contributed by atoms with E-state index in [9.17, 15) is 9.59 Å². The Morgan fingerprint density at radius 1 is 1.00 bits per heavy atom. The number of carbonyl (C=O) groups is 2. The summed E-state index contributed by atoms with van der Waals surface area (Å²) in [5.74, 6) is 0.856. The Hall–Kier alpha value is -1.88. The molecule has 1 heterocycles. The van der Waals surface area contributed by atoms with E-state index in [1.165, 1.54) is 5.56 Å². The summed E-state index contributed by atoms with van der Waals surface area (Å²) in [7, 11) is 1.83. The Morgan fingerprint density at radius 2 is 1.56 bits per heavy atom. The molecule has 1 unspecified atom stereocenters. The molecule has 1 fully saturated rings. The van der Waals surface area contributed by atoms with E-state index in [2.05, 4.69) is 57.3 Å². The number of hydrogen-bond donors (Lipinski definition) is 1. The average molecular weight is 374 g/mol. The molecule has 5 heteroatoms. The van der Waals surface area contributed by atoms with Crippen molar-refractivity contribution in [2.24, 2.45) is 5.92 Å². The van der Waals surface area contributed by atoms with Crippen LogP contribution in [0.4, 0.5) is 0 Å². The van der Waals surface area contributed by atoms with Crippen LogP contribution >= 0.6 is 0 Å². The van der Waals surface area contributed by atoms with Crippen molar-refractivity contribution < 1.29 is 9.59 Å². The maximum Gasteiger partial charge on any atom is 0.236 e. The van der Waals surface area contributed by atoms with E-state index in [0.717, 1.165) is 31.5 Å². The van der Waals surface area contributed by atoms with E-state index in [1.807, 2.05) is 11.9 Å². The molecule has 5 nitrogen and oxygen atoms in total. The molecular weight excluding hydrogens is 338 g/mol. The second-order valence-corrected chi connectivity index (χ2v) is 8.37. The first kappa shape index (κ1) is 21.4. The number of rotatable bonds is 8. The highest BCUT2D eigenvalue weighted by Crippen LogP contribution is 2.24. The second-order valence-electron chi connectivity index (χ2n) is 8.37. The number of carbonyl (C=O) groups excluding carboxylic acids is 2. The van der Waals surface area contributed by atoms with Gasteiger partial charge in [0.05, 0.1) is 19.1 Å². The first-order chi connectivity index (χ1) is 12.8. The van der Waals surface area contributed by atoms with Crippen LogP contribution in [0, 0.1) is 5.92 Å². The van der Waals surface area contributed by atoms with Crippen LogP contribution in [0.3, 0.4) is 0 Å². The van der Waals surface area contributed by atoms with Crippen LogP contribution in [0.15, 0.2) is 24.3 Å². The maximum atomic E-state index is 12.5. The molecule has 150 valence electrons. The van der Waals surface area contributed by atoms with Crippen molar-refractivity contribution in [3.05, 3.63) is 35.4 Å². The molecule has 1 atom stereocenters. The molecular formula is C22H35N3O2. The Kier molecular flexibility index (Phi) is 7.84. The van der Waals surface area contributed by atoms with E-state index in [0.29, 0.717) is 12.5 Å². The SMILES string of the molecule is CC(C)c1ccc(C(NC(=O)CN(C)CC(=O)N2CCCC2)C(C)C)cc1. The predicted molar refractivity (Wildman–Crippen MR) is 110 cm³/mol. The summed E-state index contributed by atoms with van der Waals surface area (Å²) in [4.78, 5) is 28.5. The number of likely N-dealkylation sites (N-methyl/N-ethyl adjacent to an activating group) is 1. The second kappa shape index (κ2) is 9.88. The Morgan fingerprint density at radius 3 is 2.07 bits per heavy atom. The lowest BCUT2D eigenvalue weighted by Gasteiger charge is -2.25. The lowest BCUT2D eigenvalue weighted by atomic mass is 9.93. The fourth-order valence-electron chi connectivity index (χ4n) is 3.54. The number of likely N-dealkylation sites (tertiary alicyclic amines) is 1. The van der Waals surface area contributed by atoms with Crippen LogP contribution in [0.2, 0.25) is 0 Å². The van der Waals surface area contributed by atoms with Gasteiger partial charge >= 0.3 is 0 Å². The zero-order valence-corrected chi connectivity index (χ0v) is 17.5. The molecule has 2 rings (SSSR count). The first-order valence-corrected chi connectivity index (χ1v) is 10.1. The summed E-state index contributed by atoms with van der Waals surface area (Å²) in [5.41, 5.74) is 2.42. The minimum atomic E-state index is -0.0432. The minimum absolute atomic E-state index is 0.0265. The quantitative estimate of drug-likeness (QED) is 0.761. The maximum absolute atomic E-state index is 12.5. The van der Waals surface area contributed by atoms with Gasteiger partial charge in [0.15, 0.2) is 0 Å². The molecule has 0 spiro atoms. The summed E-state index contributed by atoms with van der Waals surface area (Å²) in [6.45, 7) is 10.8. The average Bonchev–Trinajstić information content (AvgIpc) is 3.14. The van der Waals surface area contributed by atoms with Crippen LogP contribution in [0.1, 0.15) is 63.6 Å². The Balaban J connectivity index is 1.91. The lowest BCUT2D eigenvalue weighted by Crippen LogP contribution is -2.43. The number of amides is 2. The molecule has 1 aliphatic rings. The summed E-state index contributed by atoms with van der Waals surface area (Å²) >= 11 is 0. The van der Waals surface area contributed by atoms with E-state index < -0.39 is 0 Å². The van der Waals surface area contributed by atoms with Gasteiger partial charge < -0.3 is 10.2 Å². The molecule has 0 saturated carbocycles. The van der Waals surface area contributed by atoms with Crippen molar-refractivity contribution in [1.82, 2.24) is 15.1 Å². The zero-order valence-electron chi connectivity index (χ0n) is 17.5. The molecule has 1 aliphatic heterocycles. The van der Waals surface area contributed by atoms with Crippen molar-refractivity contribution in [3.63, 3.8) is 0 Å². The van der Waals surface area contributed by atoms with Crippen LogP contribution < -0.4 is 5.32 Å². The van der Waals surface area contributed by atoms with Crippen LogP contribution in [0.5, 0.6) is 0 Å². The Labute approximate surface area is 164 Å². The first-order valence-electron chi connectivity index (χ1n) is 10.1. The van der Waals surface area contributed by atoms with Gasteiger partial charge in [0.1, 0.15) is 0 Å². The third kappa shape index (κ3) is 6.35. The molecule has 1 aromatic rings. The van der Waals surface area contributed by atoms with Gasteiger partial charge in [-0.3, -0.25) is 14.5 Å². The van der Waals surface area contributed by atoms with Gasteiger partial charge in [0.2, 0.25) is 11.8 Å². The number of nitrogens with one attached hydrogen (secondary N) is 1. The molecule has 1 saturated heterocycles. The smallest absolute Gasteiger partial charge is 0.236 e. The monoisotopic (exact) mass is 373 g/mol. The van der Waals surface area contributed by atoms with Gasteiger partial charge in [0.25, 0.3) is 0 Å². The van der Waals surface area contributed by atoms with Gasteiger partial charge in [-0.2, -0.15) is 0 Å². The Bertz CT molecular complexity index is 619. The number of nitrogens with zero attached hydrogens (tertiary/aromatic N) is 2. The highest BCUT2D eigenvalue weighted by atomic mass is 16.2. The molecule has 0 bridgehead atoms. The van der Waals surface area contributed by atoms with Gasteiger partial charge in [-0.1, -0.05) is 52.0 Å². The summed E-state index contributed by atoms with van der Waals surface area (Å²) < 4.78 is 0. The minimum Gasteiger partial charge on any atom is -0.348 e. The molecule has 2 amide bonds. The van der Waals surface area contributed by atoms with E-state index >= 15 is 0 Å². The molecule has 1 aromatic carbocycles. The summed E-state index contributed by atoms with van der Waals surface area (Å²) in [5, 5.41) is 3.15. The van der Waals surface area contributed by atoms with E-state index in [-0.39, 0.29) is 30.3 Å². The van der Waals surface area contributed by atoms with Gasteiger partial charge in [-0.25, -0.2) is 0 Å². The normalized spacial score (nSPS) is 15.6. The van der Waals surface area contributed by atoms with Crippen molar-refractivity contribution in [2.45, 2.75) is 52.5 Å². The van der Waals surface area contributed by atoms with Crippen LogP contribution in [-0.4, -0.2) is 54.8 Å². The predicted octanol–water partition coefficient (Wildman–Crippen LogP) is 3.18. The number of benzene rings is 1. The van der Waals surface area contributed by atoms with Gasteiger partial charge in [-0.05, 0) is 42.9 Å². The molecule has 27 heavy (non-hydrogen) atoms. The lowest BCUT2D eigenvalue weighted by molar-refractivity contribution is -0.131. The highest BCUT2D eigenvalue weighted by Gasteiger charge is 2.22. The van der Waals surface area contributed by atoms with Gasteiger partial charge in [-0.15, -0.1) is 0 Å². The molecule has 0 radical (unpaired) electrons. The topological polar surface area (TPSA) is 52.7 Å². The van der Waals surface area contributed by atoms with Crippen LogP contribution in [0.25, 0.3) is 0 Å².